The van der Waals surface area contributed by atoms with Crippen molar-refractivity contribution in [1.29, 1.82) is 0 Å². The Kier molecular flexibility index (Phi) is 36.0. The Bertz CT molecular complexity index is 636. The van der Waals surface area contributed by atoms with Crippen LogP contribution in [0.5, 0.6) is 0 Å². The molecule has 1 unspecified atom stereocenters. The second-order valence-corrected chi connectivity index (χ2v) is 12.6. The summed E-state index contributed by atoms with van der Waals surface area (Å²) in [4.78, 5) is 2.25. The normalized spacial score (nSPS) is 13.2. The Morgan fingerprint density at radius 1 is 0.488 bits per heavy atom. The molecule has 0 radical (unpaired) electrons. The topological polar surface area (TPSA) is 21.7 Å². The highest BCUT2D eigenvalue weighted by molar-refractivity contribution is 4.93. The van der Waals surface area contributed by atoms with Crippen LogP contribution < -0.4 is 0 Å². The lowest BCUT2D eigenvalue weighted by molar-refractivity contribution is -0.0248. The zero-order valence-electron chi connectivity index (χ0n) is 29.6. The maximum Gasteiger partial charge on any atom is 0.0820 e. The molecule has 252 valence electrons. The van der Waals surface area contributed by atoms with E-state index in [4.69, 9.17) is 9.47 Å². The summed E-state index contributed by atoms with van der Waals surface area (Å²) in [7, 11) is 4.28. The van der Waals surface area contributed by atoms with Crippen molar-refractivity contribution in [2.45, 2.75) is 168 Å². The SMILES string of the molecule is CCCC=CCC=CCCCCCCCCOC(CCN(C)C)COCCCCCCCCC=CCC=CCCCCC. The van der Waals surface area contributed by atoms with Gasteiger partial charge in [0.15, 0.2) is 0 Å². The Balaban J connectivity index is 3.66. The number of hydrogen-bond donors (Lipinski definition) is 0. The predicted molar refractivity (Wildman–Crippen MR) is 193 cm³/mol. The first-order valence-corrected chi connectivity index (χ1v) is 18.6. The zero-order chi connectivity index (χ0) is 31.3. The van der Waals surface area contributed by atoms with Gasteiger partial charge < -0.3 is 14.4 Å². The number of allylic oxidation sites excluding steroid dienone is 8. The average molecular weight is 602 g/mol. The van der Waals surface area contributed by atoms with Crippen LogP contribution >= 0.6 is 0 Å². The van der Waals surface area contributed by atoms with E-state index in [9.17, 15) is 0 Å². The van der Waals surface area contributed by atoms with E-state index < -0.39 is 0 Å². The third-order valence-electron chi connectivity index (χ3n) is 7.87. The van der Waals surface area contributed by atoms with Gasteiger partial charge in [0.05, 0.1) is 12.7 Å². The van der Waals surface area contributed by atoms with Crippen LogP contribution in [0.3, 0.4) is 0 Å². The van der Waals surface area contributed by atoms with Crippen LogP contribution in [-0.4, -0.2) is 51.5 Å². The number of unbranched alkanes of at least 4 members (excludes halogenated alkanes) is 16. The van der Waals surface area contributed by atoms with Crippen LogP contribution in [0, 0.1) is 0 Å². The molecule has 3 heteroatoms. The molecule has 0 N–H and O–H groups in total. The lowest BCUT2D eigenvalue weighted by Gasteiger charge is -2.20. The maximum atomic E-state index is 6.26. The van der Waals surface area contributed by atoms with Crippen molar-refractivity contribution in [2.24, 2.45) is 0 Å². The van der Waals surface area contributed by atoms with Gasteiger partial charge in [0.25, 0.3) is 0 Å². The van der Waals surface area contributed by atoms with Crippen molar-refractivity contribution in [3.8, 4) is 0 Å². The summed E-state index contributed by atoms with van der Waals surface area (Å²) < 4.78 is 12.3. The molecule has 1 atom stereocenters. The molecule has 0 amide bonds. The van der Waals surface area contributed by atoms with Gasteiger partial charge in [-0.3, -0.25) is 0 Å². The van der Waals surface area contributed by atoms with E-state index in [1.165, 1.54) is 128 Å². The molecule has 0 saturated carbocycles. The van der Waals surface area contributed by atoms with Gasteiger partial charge in [-0.15, -0.1) is 0 Å². The van der Waals surface area contributed by atoms with Crippen LogP contribution in [0.15, 0.2) is 48.6 Å². The fourth-order valence-corrected chi connectivity index (χ4v) is 5.02. The first-order chi connectivity index (χ1) is 21.2. The Hall–Kier alpha value is -1.16. The third kappa shape index (κ3) is 36.9. The van der Waals surface area contributed by atoms with Gasteiger partial charge in [-0.2, -0.15) is 0 Å². The molecule has 0 fully saturated rings. The van der Waals surface area contributed by atoms with Gasteiger partial charge in [0.1, 0.15) is 0 Å². The van der Waals surface area contributed by atoms with Gasteiger partial charge in [0, 0.05) is 19.8 Å². The summed E-state index contributed by atoms with van der Waals surface area (Å²) in [5.74, 6) is 0. The van der Waals surface area contributed by atoms with E-state index in [0.29, 0.717) is 0 Å². The van der Waals surface area contributed by atoms with Crippen molar-refractivity contribution in [3.05, 3.63) is 48.6 Å². The molecule has 0 bridgehead atoms. The Morgan fingerprint density at radius 2 is 0.953 bits per heavy atom. The van der Waals surface area contributed by atoms with Crippen molar-refractivity contribution in [3.63, 3.8) is 0 Å². The molecule has 3 nitrogen and oxygen atoms in total. The van der Waals surface area contributed by atoms with Crippen molar-refractivity contribution < 1.29 is 9.47 Å². The third-order valence-corrected chi connectivity index (χ3v) is 7.87. The summed E-state index contributed by atoms with van der Waals surface area (Å²) in [6.07, 6.45) is 47.9. The smallest absolute Gasteiger partial charge is 0.0820 e. The fraction of sp³-hybridized carbons (Fsp3) is 0.800. The van der Waals surface area contributed by atoms with E-state index >= 15 is 0 Å². The fourth-order valence-electron chi connectivity index (χ4n) is 5.02. The first kappa shape index (κ1) is 41.8. The lowest BCUT2D eigenvalue weighted by Crippen LogP contribution is -2.26. The average Bonchev–Trinajstić information content (AvgIpc) is 3.00. The number of ether oxygens (including phenoxy) is 2. The molecular weight excluding hydrogens is 526 g/mol. The second kappa shape index (κ2) is 37.0. The number of rotatable bonds is 34. The van der Waals surface area contributed by atoms with E-state index in [0.717, 1.165) is 45.6 Å². The molecule has 0 aromatic rings. The van der Waals surface area contributed by atoms with Crippen LogP contribution in [0.2, 0.25) is 0 Å². The second-order valence-electron chi connectivity index (χ2n) is 12.6. The molecule has 0 spiro atoms. The van der Waals surface area contributed by atoms with Crippen LogP contribution in [0.25, 0.3) is 0 Å². The molecule has 0 aromatic carbocycles. The molecular formula is C40H75NO2. The molecule has 0 aliphatic rings. The monoisotopic (exact) mass is 602 g/mol. The summed E-state index contributed by atoms with van der Waals surface area (Å²) in [5.41, 5.74) is 0. The predicted octanol–water partition coefficient (Wildman–Crippen LogP) is 12.2. The minimum atomic E-state index is 0.232. The van der Waals surface area contributed by atoms with Crippen molar-refractivity contribution >= 4 is 0 Å². The molecule has 0 saturated heterocycles. The van der Waals surface area contributed by atoms with Gasteiger partial charge in [0.2, 0.25) is 0 Å². The molecule has 43 heavy (non-hydrogen) atoms. The van der Waals surface area contributed by atoms with Crippen LogP contribution in [0.1, 0.15) is 162 Å². The summed E-state index contributed by atoms with van der Waals surface area (Å²) in [5, 5.41) is 0. The maximum absolute atomic E-state index is 6.26. The highest BCUT2D eigenvalue weighted by Gasteiger charge is 2.10. The first-order valence-electron chi connectivity index (χ1n) is 18.6. The number of nitrogens with zero attached hydrogens (tertiary/aromatic N) is 1. The van der Waals surface area contributed by atoms with Gasteiger partial charge in [-0.1, -0.05) is 133 Å². The van der Waals surface area contributed by atoms with Gasteiger partial charge in [-0.25, -0.2) is 0 Å². The van der Waals surface area contributed by atoms with Crippen LogP contribution in [-0.2, 0) is 9.47 Å². The largest absolute Gasteiger partial charge is 0.379 e. The van der Waals surface area contributed by atoms with E-state index in [-0.39, 0.29) is 6.10 Å². The van der Waals surface area contributed by atoms with E-state index in [1.54, 1.807) is 0 Å². The summed E-state index contributed by atoms with van der Waals surface area (Å²) in [6, 6.07) is 0. The van der Waals surface area contributed by atoms with Crippen LogP contribution in [0.4, 0.5) is 0 Å². The quantitative estimate of drug-likeness (QED) is 0.0541. The van der Waals surface area contributed by atoms with Gasteiger partial charge in [-0.05, 0) is 91.1 Å². The zero-order valence-corrected chi connectivity index (χ0v) is 29.6. The summed E-state index contributed by atoms with van der Waals surface area (Å²) >= 11 is 0. The molecule has 0 aliphatic heterocycles. The van der Waals surface area contributed by atoms with Crippen molar-refractivity contribution in [1.82, 2.24) is 4.90 Å². The minimum absolute atomic E-state index is 0.232. The molecule has 0 aromatic heterocycles. The highest BCUT2D eigenvalue weighted by atomic mass is 16.5. The van der Waals surface area contributed by atoms with Gasteiger partial charge >= 0.3 is 0 Å². The standard InChI is InChI=1S/C40H75NO2/c1-5-7-9-11-13-15-17-19-21-22-23-25-27-29-31-33-37-42-39-40(35-36-41(3)4)43-38-34-32-30-28-26-24-20-18-16-14-12-10-8-6-2/h10,12-13,15-16,18-19,21,40H,5-9,11,14,17,20,22-39H2,1-4H3. The minimum Gasteiger partial charge on any atom is -0.379 e. The van der Waals surface area contributed by atoms with E-state index in [2.05, 4.69) is 81.5 Å². The lowest BCUT2D eigenvalue weighted by atomic mass is 10.1. The molecule has 0 aliphatic carbocycles. The van der Waals surface area contributed by atoms with Crippen molar-refractivity contribution in [2.75, 3.05) is 40.5 Å². The summed E-state index contributed by atoms with van der Waals surface area (Å²) in [6.45, 7) is 8.05. The number of hydrogen-bond acceptors (Lipinski definition) is 3. The molecule has 0 heterocycles. The molecule has 0 rings (SSSR count). The Morgan fingerprint density at radius 3 is 1.47 bits per heavy atom. The van der Waals surface area contributed by atoms with E-state index in [1.807, 2.05) is 0 Å². The highest BCUT2D eigenvalue weighted by Crippen LogP contribution is 2.11. The Labute approximate surface area is 270 Å².